The third kappa shape index (κ3) is 2.83. The van der Waals surface area contributed by atoms with Crippen LogP contribution in [0.15, 0.2) is 48.0 Å². The highest BCUT2D eigenvalue weighted by atomic mass is 16.4. The lowest BCUT2D eigenvalue weighted by Gasteiger charge is -1.96. The highest BCUT2D eigenvalue weighted by molar-refractivity contribution is 5.96. The van der Waals surface area contributed by atoms with Crippen molar-refractivity contribution in [3.8, 4) is 11.8 Å². The Kier molecular flexibility index (Phi) is 3.52. The molecule has 0 saturated heterocycles. The quantitative estimate of drug-likeness (QED) is 0.255. The second kappa shape index (κ2) is 5.46. The van der Waals surface area contributed by atoms with Gasteiger partial charge in [-0.15, -0.1) is 0 Å². The number of rotatable bonds is 1. The lowest BCUT2D eigenvalue weighted by molar-refractivity contribution is 0.318. The van der Waals surface area contributed by atoms with Crippen molar-refractivity contribution in [2.45, 2.75) is 0 Å². The summed E-state index contributed by atoms with van der Waals surface area (Å²) in [4.78, 5) is 8.01. The van der Waals surface area contributed by atoms with Gasteiger partial charge >= 0.3 is 0 Å². The van der Waals surface area contributed by atoms with E-state index in [-0.39, 0.29) is 5.84 Å². The van der Waals surface area contributed by atoms with Crippen molar-refractivity contribution in [3.63, 3.8) is 0 Å². The Bertz CT molecular complexity index is 609. The van der Waals surface area contributed by atoms with Gasteiger partial charge in [0.25, 0.3) is 0 Å². The number of hydrogen-bond donors (Lipinski definition) is 2. The number of amidine groups is 1. The molecular formula is C13H10N4O. The van der Waals surface area contributed by atoms with E-state index in [1.54, 1.807) is 24.5 Å². The van der Waals surface area contributed by atoms with Gasteiger partial charge in [-0.05, 0) is 30.2 Å². The van der Waals surface area contributed by atoms with E-state index in [1.165, 1.54) is 6.20 Å². The Morgan fingerprint density at radius 2 is 1.94 bits per heavy atom. The van der Waals surface area contributed by atoms with Crippen LogP contribution in [0.3, 0.4) is 0 Å². The third-order valence-electron chi connectivity index (χ3n) is 2.18. The first-order valence-electron chi connectivity index (χ1n) is 5.15. The molecule has 0 aliphatic heterocycles. The van der Waals surface area contributed by atoms with Gasteiger partial charge < -0.3 is 10.9 Å². The van der Waals surface area contributed by atoms with Gasteiger partial charge in [0.05, 0.1) is 0 Å². The van der Waals surface area contributed by atoms with E-state index in [0.29, 0.717) is 11.3 Å². The molecule has 2 aromatic heterocycles. The van der Waals surface area contributed by atoms with Crippen molar-refractivity contribution in [3.05, 3.63) is 59.7 Å². The summed E-state index contributed by atoms with van der Waals surface area (Å²) in [6.45, 7) is 0. The van der Waals surface area contributed by atoms with Gasteiger partial charge in [-0.3, -0.25) is 4.98 Å². The number of aromatic nitrogens is 2. The fourth-order valence-electron chi connectivity index (χ4n) is 1.25. The molecule has 0 aliphatic rings. The highest BCUT2D eigenvalue weighted by Crippen LogP contribution is 2.00. The molecule has 2 rings (SSSR count). The maximum absolute atomic E-state index is 8.51. The molecule has 5 heteroatoms. The van der Waals surface area contributed by atoms with Crippen LogP contribution in [0, 0.1) is 11.8 Å². The smallest absolute Gasteiger partial charge is 0.171 e. The topological polar surface area (TPSA) is 84.4 Å². The SMILES string of the molecule is N/C(=N\O)c1ccc(C#Cc2ccncc2)nc1. The zero-order chi connectivity index (χ0) is 12.8. The van der Waals surface area contributed by atoms with Crippen molar-refractivity contribution in [1.82, 2.24) is 9.97 Å². The minimum absolute atomic E-state index is 0.0242. The van der Waals surface area contributed by atoms with Gasteiger partial charge in [-0.2, -0.15) is 0 Å². The molecule has 3 N–H and O–H groups in total. The molecule has 2 heterocycles. The maximum atomic E-state index is 8.51. The summed E-state index contributed by atoms with van der Waals surface area (Å²) in [5.74, 6) is 5.90. The third-order valence-corrected chi connectivity index (χ3v) is 2.18. The zero-order valence-corrected chi connectivity index (χ0v) is 9.41. The molecule has 5 nitrogen and oxygen atoms in total. The van der Waals surface area contributed by atoms with Crippen LogP contribution < -0.4 is 5.73 Å². The molecule has 0 aromatic carbocycles. The summed E-state index contributed by atoms with van der Waals surface area (Å²) >= 11 is 0. The summed E-state index contributed by atoms with van der Waals surface area (Å²) in [6.07, 6.45) is 4.86. The molecule has 0 spiro atoms. The molecule has 0 bridgehead atoms. The minimum Gasteiger partial charge on any atom is -0.409 e. The predicted molar refractivity (Wildman–Crippen MR) is 67.0 cm³/mol. The Balaban J connectivity index is 2.19. The Morgan fingerprint density at radius 3 is 2.56 bits per heavy atom. The fourth-order valence-corrected chi connectivity index (χ4v) is 1.25. The minimum atomic E-state index is 0.0242. The van der Waals surface area contributed by atoms with E-state index in [9.17, 15) is 0 Å². The van der Waals surface area contributed by atoms with Gasteiger partial charge in [0.15, 0.2) is 5.84 Å². The first-order valence-corrected chi connectivity index (χ1v) is 5.15. The van der Waals surface area contributed by atoms with Crippen molar-refractivity contribution in [2.24, 2.45) is 10.9 Å². The van der Waals surface area contributed by atoms with Crippen LogP contribution in [0.1, 0.15) is 16.8 Å². The van der Waals surface area contributed by atoms with Crippen molar-refractivity contribution < 1.29 is 5.21 Å². The maximum Gasteiger partial charge on any atom is 0.171 e. The Hall–Kier alpha value is -2.87. The molecule has 0 fully saturated rings. The normalized spacial score (nSPS) is 10.6. The summed E-state index contributed by atoms with van der Waals surface area (Å²) in [5.41, 5.74) is 7.45. The molecule has 0 aliphatic carbocycles. The van der Waals surface area contributed by atoms with E-state index in [1.807, 2.05) is 12.1 Å². The van der Waals surface area contributed by atoms with Gasteiger partial charge in [-0.25, -0.2) is 4.98 Å². The summed E-state index contributed by atoms with van der Waals surface area (Å²) in [6, 6.07) is 7.04. The molecule has 18 heavy (non-hydrogen) atoms. The highest BCUT2D eigenvalue weighted by Gasteiger charge is 1.98. The summed E-state index contributed by atoms with van der Waals surface area (Å²) < 4.78 is 0. The van der Waals surface area contributed by atoms with Crippen LogP contribution in [0.4, 0.5) is 0 Å². The number of hydrogen-bond acceptors (Lipinski definition) is 4. The van der Waals surface area contributed by atoms with E-state index in [2.05, 4.69) is 27.0 Å². The molecule has 2 aromatic rings. The van der Waals surface area contributed by atoms with Crippen LogP contribution in [0.5, 0.6) is 0 Å². The Labute approximate surface area is 104 Å². The van der Waals surface area contributed by atoms with Gasteiger partial charge in [0, 0.05) is 29.7 Å². The Morgan fingerprint density at radius 1 is 1.17 bits per heavy atom. The van der Waals surface area contributed by atoms with Crippen LogP contribution in [0.25, 0.3) is 0 Å². The van der Waals surface area contributed by atoms with Crippen LogP contribution in [-0.2, 0) is 0 Å². The second-order valence-electron chi connectivity index (χ2n) is 3.40. The number of pyridine rings is 2. The second-order valence-corrected chi connectivity index (χ2v) is 3.40. The van der Waals surface area contributed by atoms with E-state index < -0.39 is 0 Å². The number of nitrogens with two attached hydrogens (primary N) is 1. The number of nitrogens with zero attached hydrogens (tertiary/aromatic N) is 3. The number of oxime groups is 1. The van der Waals surface area contributed by atoms with Crippen LogP contribution in [0.2, 0.25) is 0 Å². The predicted octanol–water partition coefficient (Wildman–Crippen LogP) is 0.971. The zero-order valence-electron chi connectivity index (χ0n) is 9.41. The average Bonchev–Trinajstić information content (AvgIpc) is 2.46. The molecule has 0 radical (unpaired) electrons. The van der Waals surface area contributed by atoms with E-state index in [0.717, 1.165) is 5.56 Å². The first-order chi connectivity index (χ1) is 8.79. The van der Waals surface area contributed by atoms with Crippen LogP contribution in [-0.4, -0.2) is 21.0 Å². The van der Waals surface area contributed by atoms with Crippen molar-refractivity contribution in [1.29, 1.82) is 0 Å². The van der Waals surface area contributed by atoms with E-state index in [4.69, 9.17) is 10.9 Å². The van der Waals surface area contributed by atoms with Crippen LogP contribution >= 0.6 is 0 Å². The lowest BCUT2D eigenvalue weighted by Crippen LogP contribution is -2.13. The molecule has 88 valence electrons. The molecule has 0 amide bonds. The summed E-state index contributed by atoms with van der Waals surface area (Å²) in [5, 5.41) is 11.4. The van der Waals surface area contributed by atoms with E-state index >= 15 is 0 Å². The largest absolute Gasteiger partial charge is 0.409 e. The molecular weight excluding hydrogens is 228 g/mol. The average molecular weight is 238 g/mol. The summed E-state index contributed by atoms with van der Waals surface area (Å²) in [7, 11) is 0. The molecule has 0 unspecified atom stereocenters. The van der Waals surface area contributed by atoms with Crippen molar-refractivity contribution in [2.75, 3.05) is 0 Å². The van der Waals surface area contributed by atoms with Gasteiger partial charge in [0.2, 0.25) is 0 Å². The molecule has 0 saturated carbocycles. The monoisotopic (exact) mass is 238 g/mol. The van der Waals surface area contributed by atoms with Gasteiger partial charge in [-0.1, -0.05) is 11.1 Å². The first kappa shape index (κ1) is 11.6. The standard InChI is InChI=1S/C13H10N4O/c14-13(17-18)11-2-4-12(16-9-11)3-1-10-5-7-15-8-6-10/h2,4-9,18H,(H2,14,17). The van der Waals surface area contributed by atoms with Gasteiger partial charge in [0.1, 0.15) is 5.69 Å². The fraction of sp³-hybridized carbons (Fsp3) is 0. The molecule has 0 atom stereocenters. The van der Waals surface area contributed by atoms with Crippen molar-refractivity contribution >= 4 is 5.84 Å². The lowest BCUT2D eigenvalue weighted by atomic mass is 10.2.